The van der Waals surface area contributed by atoms with Crippen molar-refractivity contribution in [3.05, 3.63) is 0 Å². The third-order valence-corrected chi connectivity index (χ3v) is 11.5. The molecule has 2 aliphatic heterocycles. The van der Waals surface area contributed by atoms with Gasteiger partial charge in [0.05, 0.1) is 32.1 Å². The van der Waals surface area contributed by atoms with Crippen molar-refractivity contribution in [3.8, 4) is 0 Å². The van der Waals surface area contributed by atoms with Gasteiger partial charge in [0.1, 0.15) is 11.8 Å². The Morgan fingerprint density at radius 2 is 1.11 bits per heavy atom. The molecular formula is C37H64BN7O12. The fourth-order valence-electron chi connectivity index (χ4n) is 8.01. The van der Waals surface area contributed by atoms with E-state index < -0.39 is 48.8 Å². The van der Waals surface area contributed by atoms with Crippen molar-refractivity contribution in [2.75, 3.05) is 91.6 Å². The molecule has 3 rings (SSSR count). The second-order valence-electron chi connectivity index (χ2n) is 16.2. The van der Waals surface area contributed by atoms with Crippen molar-refractivity contribution in [1.82, 2.24) is 35.1 Å². The molecule has 19 nitrogen and oxygen atoms in total. The molecule has 1 saturated carbocycles. The molecule has 20 heteroatoms. The second kappa shape index (κ2) is 23.7. The minimum Gasteiger partial charge on any atom is -0.480 e. The number of carbonyl (C=O) groups excluding carboxylic acids is 4. The highest BCUT2D eigenvalue weighted by atomic mass is 16.4. The molecule has 0 bridgehead atoms. The molecule has 57 heavy (non-hydrogen) atoms. The van der Waals surface area contributed by atoms with Crippen LogP contribution in [0, 0.1) is 23.7 Å². The van der Waals surface area contributed by atoms with Crippen molar-refractivity contribution in [2.24, 2.45) is 23.7 Å². The molecule has 0 aromatic rings. The first-order valence-corrected chi connectivity index (χ1v) is 20.2. The van der Waals surface area contributed by atoms with Crippen LogP contribution in [0.25, 0.3) is 0 Å². The molecule has 3 aliphatic rings. The molecule has 7 N–H and O–H groups in total. The van der Waals surface area contributed by atoms with Crippen molar-refractivity contribution in [2.45, 2.75) is 77.7 Å². The SMILES string of the molecule is CC(C)[C@H](CC(=O)C1CCC(CNC(=O)CN2CCN(CC(=O)O)CCN(CC(=O)O)CCN(CC(=O)O)CC2)CC1)C(=O)N[C@H](C)C(=O)N1CCC[C@H]1B(O)O. The first kappa shape index (κ1) is 47.7. The van der Waals surface area contributed by atoms with E-state index >= 15 is 0 Å². The van der Waals surface area contributed by atoms with Gasteiger partial charge in [-0.2, -0.15) is 0 Å². The van der Waals surface area contributed by atoms with Crippen molar-refractivity contribution < 1.29 is 58.9 Å². The van der Waals surface area contributed by atoms with E-state index in [1.54, 1.807) is 21.6 Å². The average molecular weight is 810 g/mol. The molecule has 3 amide bonds. The number of Topliss-reactive ketones (excluding diaryl/α,β-unsaturated/α-hetero) is 1. The second-order valence-corrected chi connectivity index (χ2v) is 16.2. The largest absolute Gasteiger partial charge is 0.480 e. The molecule has 0 aromatic heterocycles. The fourth-order valence-corrected chi connectivity index (χ4v) is 8.01. The van der Waals surface area contributed by atoms with Crippen LogP contribution >= 0.6 is 0 Å². The monoisotopic (exact) mass is 809 g/mol. The third kappa shape index (κ3) is 16.6. The van der Waals surface area contributed by atoms with Crippen LogP contribution in [0.4, 0.5) is 0 Å². The van der Waals surface area contributed by atoms with Gasteiger partial charge >= 0.3 is 25.0 Å². The van der Waals surface area contributed by atoms with Crippen molar-refractivity contribution in [3.63, 3.8) is 0 Å². The number of hydrogen-bond donors (Lipinski definition) is 7. The van der Waals surface area contributed by atoms with Gasteiger partial charge in [-0.3, -0.25) is 53.2 Å². The molecule has 2 saturated heterocycles. The third-order valence-electron chi connectivity index (χ3n) is 11.5. The Morgan fingerprint density at radius 1 is 0.649 bits per heavy atom. The number of rotatable bonds is 18. The summed E-state index contributed by atoms with van der Waals surface area (Å²) < 4.78 is 0. The Labute approximate surface area is 335 Å². The van der Waals surface area contributed by atoms with E-state index in [9.17, 15) is 58.9 Å². The summed E-state index contributed by atoms with van der Waals surface area (Å²) in [5.41, 5.74) is 0. The van der Waals surface area contributed by atoms with E-state index in [4.69, 9.17) is 0 Å². The van der Waals surface area contributed by atoms with E-state index in [0.29, 0.717) is 77.8 Å². The van der Waals surface area contributed by atoms with Gasteiger partial charge in [0.25, 0.3) is 0 Å². The highest BCUT2D eigenvalue weighted by Crippen LogP contribution is 2.31. The van der Waals surface area contributed by atoms with Crippen LogP contribution < -0.4 is 10.6 Å². The number of ketones is 1. The van der Waals surface area contributed by atoms with E-state index in [1.807, 2.05) is 18.7 Å². The van der Waals surface area contributed by atoms with Gasteiger partial charge in [0.2, 0.25) is 17.7 Å². The normalized spacial score (nSPS) is 23.5. The molecule has 1 aliphatic carbocycles. The maximum atomic E-state index is 13.4. The predicted molar refractivity (Wildman–Crippen MR) is 208 cm³/mol. The van der Waals surface area contributed by atoms with Gasteiger partial charge < -0.3 is 40.9 Å². The van der Waals surface area contributed by atoms with Gasteiger partial charge in [0, 0.05) is 83.7 Å². The number of amides is 3. The first-order chi connectivity index (χ1) is 26.9. The summed E-state index contributed by atoms with van der Waals surface area (Å²) >= 11 is 0. The van der Waals surface area contributed by atoms with Crippen molar-refractivity contribution in [1.29, 1.82) is 0 Å². The number of hydrogen-bond acceptors (Lipinski definition) is 13. The van der Waals surface area contributed by atoms with Crippen LogP contribution in [-0.4, -0.2) is 202 Å². The Morgan fingerprint density at radius 3 is 1.53 bits per heavy atom. The molecule has 0 aromatic carbocycles. The first-order valence-electron chi connectivity index (χ1n) is 20.2. The average Bonchev–Trinajstić information content (AvgIpc) is 3.63. The lowest BCUT2D eigenvalue weighted by Crippen LogP contribution is -2.53. The molecular weight excluding hydrogens is 745 g/mol. The molecule has 2 heterocycles. The number of carboxylic acid groups (broad SMARTS) is 3. The minimum atomic E-state index is -1.66. The summed E-state index contributed by atoms with van der Waals surface area (Å²) in [5.74, 6) is -5.68. The van der Waals surface area contributed by atoms with Gasteiger partial charge in [-0.1, -0.05) is 13.8 Å². The lowest BCUT2D eigenvalue weighted by molar-refractivity contribution is -0.140. The number of carbonyl (C=O) groups is 7. The Bertz CT molecular complexity index is 1350. The molecule has 0 unspecified atom stereocenters. The zero-order chi connectivity index (χ0) is 42.2. The molecule has 0 radical (unpaired) electrons. The highest BCUT2D eigenvalue weighted by molar-refractivity contribution is 6.43. The molecule has 0 spiro atoms. The standard InChI is InChI=1S/C37H64BN7O12/c1-25(2)29(36(54)40-26(3)37(55)45-10-4-5-31(45)38(56)57)19-30(46)28-8-6-27(7-9-28)20-39-32(47)21-41-11-13-42(22-33(48)49)15-17-44(24-35(52)53)18-16-43(14-12-41)23-34(50)51/h25-29,31,56-57H,4-24H2,1-3H3,(H,39,47)(H,40,54)(H,48,49)(H,50,51)(H,52,53)/t26-,27?,28?,29+,31+/m1/s1. The van der Waals surface area contributed by atoms with Crippen LogP contribution in [0.5, 0.6) is 0 Å². The summed E-state index contributed by atoms with van der Waals surface area (Å²) in [4.78, 5) is 95.8. The predicted octanol–water partition coefficient (Wildman–Crippen LogP) is -1.88. The van der Waals surface area contributed by atoms with Gasteiger partial charge in [-0.25, -0.2) is 0 Å². The van der Waals surface area contributed by atoms with E-state index in [-0.39, 0.29) is 94.1 Å². The Balaban J connectivity index is 1.50. The van der Waals surface area contributed by atoms with Gasteiger partial charge in [-0.05, 0) is 57.3 Å². The Hall–Kier alpha value is -3.69. The quantitative estimate of drug-likeness (QED) is 0.0748. The number of nitrogens with one attached hydrogen (secondary N) is 2. The lowest BCUT2D eigenvalue weighted by atomic mass is 9.77. The Kier molecular flexibility index (Phi) is 19.8. The van der Waals surface area contributed by atoms with Crippen LogP contribution in [0.15, 0.2) is 0 Å². The summed E-state index contributed by atoms with van der Waals surface area (Å²) in [6.07, 6.45) is 3.82. The number of aliphatic carboxylic acids is 3. The molecule has 3 atom stereocenters. The minimum absolute atomic E-state index is 0.00731. The highest BCUT2D eigenvalue weighted by Gasteiger charge is 2.39. The van der Waals surface area contributed by atoms with Crippen LogP contribution in [0.1, 0.15) is 65.7 Å². The van der Waals surface area contributed by atoms with Gasteiger partial charge in [-0.15, -0.1) is 0 Å². The van der Waals surface area contributed by atoms with Crippen molar-refractivity contribution >= 4 is 48.5 Å². The summed E-state index contributed by atoms with van der Waals surface area (Å²) in [6, 6.07) is -0.887. The summed E-state index contributed by atoms with van der Waals surface area (Å²) in [5, 5.41) is 53.3. The van der Waals surface area contributed by atoms with E-state index in [1.165, 1.54) is 4.90 Å². The number of nitrogens with zero attached hydrogens (tertiary/aromatic N) is 5. The van der Waals surface area contributed by atoms with Crippen LogP contribution in [-0.2, 0) is 33.6 Å². The summed E-state index contributed by atoms with van der Waals surface area (Å²) in [7, 11) is -1.66. The maximum Gasteiger partial charge on any atom is 0.475 e. The number of carboxylic acids is 3. The lowest BCUT2D eigenvalue weighted by Gasteiger charge is -2.33. The van der Waals surface area contributed by atoms with E-state index in [0.717, 1.165) is 0 Å². The number of likely N-dealkylation sites (tertiary alicyclic amines) is 1. The summed E-state index contributed by atoms with van der Waals surface area (Å²) in [6.45, 7) is 7.75. The van der Waals surface area contributed by atoms with Gasteiger partial charge in [0.15, 0.2) is 0 Å². The molecule has 322 valence electrons. The fraction of sp³-hybridized carbons (Fsp3) is 0.811. The van der Waals surface area contributed by atoms with Crippen LogP contribution in [0.3, 0.4) is 0 Å². The molecule has 3 fully saturated rings. The zero-order valence-electron chi connectivity index (χ0n) is 33.7. The topological polar surface area (TPSA) is 261 Å². The van der Waals surface area contributed by atoms with E-state index in [2.05, 4.69) is 10.6 Å². The van der Waals surface area contributed by atoms with Crippen LogP contribution in [0.2, 0.25) is 0 Å². The zero-order valence-corrected chi connectivity index (χ0v) is 33.7. The maximum absolute atomic E-state index is 13.4. The smallest absolute Gasteiger partial charge is 0.475 e.